The van der Waals surface area contributed by atoms with E-state index in [1.165, 1.54) is 0 Å². The van der Waals surface area contributed by atoms with E-state index in [0.29, 0.717) is 0 Å². The second-order valence-corrected chi connectivity index (χ2v) is 4.20. The maximum absolute atomic E-state index is 11.5. The first-order valence-electron chi connectivity index (χ1n) is 5.95. The summed E-state index contributed by atoms with van der Waals surface area (Å²) in [7, 11) is 0. The Morgan fingerprint density at radius 2 is 1.83 bits per heavy atom. The number of carbonyl (C=O) groups is 3. The number of amides is 3. The van der Waals surface area contributed by atoms with E-state index in [1.807, 2.05) is 13.8 Å². The average molecular weight is 259 g/mol. The first-order valence-corrected chi connectivity index (χ1v) is 5.95. The highest BCUT2D eigenvalue weighted by molar-refractivity contribution is 5.83. The number of rotatable bonds is 8. The molecule has 7 nitrogen and oxygen atoms in total. The van der Waals surface area contributed by atoms with E-state index >= 15 is 0 Å². The van der Waals surface area contributed by atoms with Gasteiger partial charge < -0.3 is 21.5 Å². The summed E-state index contributed by atoms with van der Waals surface area (Å²) in [6.07, 6.45) is 1.64. The van der Waals surface area contributed by atoms with E-state index in [9.17, 15) is 14.4 Å². The van der Waals surface area contributed by atoms with Crippen molar-refractivity contribution in [1.29, 1.82) is 0 Å². The minimum Gasteiger partial charge on any atom is -0.480 e. The topological polar surface area (TPSA) is 122 Å². The van der Waals surface area contributed by atoms with Crippen LogP contribution in [0.4, 0.5) is 4.79 Å². The van der Waals surface area contributed by atoms with Crippen LogP contribution in [0.5, 0.6) is 0 Å². The van der Waals surface area contributed by atoms with Gasteiger partial charge in [0.25, 0.3) is 0 Å². The zero-order valence-corrected chi connectivity index (χ0v) is 10.7. The zero-order valence-electron chi connectivity index (χ0n) is 10.7. The minimum absolute atomic E-state index is 0.0136. The van der Waals surface area contributed by atoms with Crippen molar-refractivity contribution in [2.45, 2.75) is 51.6 Å². The van der Waals surface area contributed by atoms with E-state index in [4.69, 9.17) is 10.8 Å². The molecule has 5 N–H and O–H groups in total. The molecule has 3 amide bonds. The van der Waals surface area contributed by atoms with Crippen molar-refractivity contribution in [2.24, 2.45) is 5.73 Å². The molecule has 0 aliphatic heterocycles. The summed E-state index contributed by atoms with van der Waals surface area (Å²) in [5.41, 5.74) is 4.93. The van der Waals surface area contributed by atoms with Crippen molar-refractivity contribution in [2.75, 3.05) is 0 Å². The third-order valence-electron chi connectivity index (χ3n) is 2.38. The van der Waals surface area contributed by atoms with Crippen LogP contribution in [-0.4, -0.2) is 35.1 Å². The van der Waals surface area contributed by atoms with Crippen LogP contribution in [-0.2, 0) is 9.59 Å². The fraction of sp³-hybridized carbons (Fsp3) is 0.727. The standard InChI is InChI=1S/C11H21N3O4/c1-3-4-7(2)13-11(18)14-8(10(16)17)5-6-9(12)15/h7-8H,3-6H2,1-2H3,(H2,12,15)(H,16,17)(H2,13,14,18). The highest BCUT2D eigenvalue weighted by Crippen LogP contribution is 1.99. The first kappa shape index (κ1) is 16.2. The molecule has 0 saturated heterocycles. The van der Waals surface area contributed by atoms with Crippen LogP contribution in [0.2, 0.25) is 0 Å². The SMILES string of the molecule is CCCC(C)NC(=O)NC(CCC(N)=O)C(=O)O. The lowest BCUT2D eigenvalue weighted by atomic mass is 10.1. The molecular weight excluding hydrogens is 238 g/mol. The van der Waals surface area contributed by atoms with Crippen LogP contribution in [0.25, 0.3) is 0 Å². The van der Waals surface area contributed by atoms with Crippen LogP contribution in [0.1, 0.15) is 39.5 Å². The molecular formula is C11H21N3O4. The molecule has 0 saturated carbocycles. The maximum Gasteiger partial charge on any atom is 0.326 e. The van der Waals surface area contributed by atoms with Gasteiger partial charge >= 0.3 is 12.0 Å². The van der Waals surface area contributed by atoms with E-state index in [2.05, 4.69) is 10.6 Å². The van der Waals surface area contributed by atoms with Gasteiger partial charge in [0.1, 0.15) is 6.04 Å². The van der Waals surface area contributed by atoms with Crippen LogP contribution < -0.4 is 16.4 Å². The molecule has 104 valence electrons. The zero-order chi connectivity index (χ0) is 14.1. The molecule has 2 atom stereocenters. The van der Waals surface area contributed by atoms with Gasteiger partial charge in [0, 0.05) is 12.5 Å². The van der Waals surface area contributed by atoms with Gasteiger partial charge in [0.05, 0.1) is 0 Å². The average Bonchev–Trinajstić information content (AvgIpc) is 2.23. The molecule has 7 heteroatoms. The number of hydrogen-bond donors (Lipinski definition) is 4. The number of carboxylic acid groups (broad SMARTS) is 1. The van der Waals surface area contributed by atoms with Crippen molar-refractivity contribution in [3.05, 3.63) is 0 Å². The molecule has 0 aliphatic rings. The molecule has 2 unspecified atom stereocenters. The summed E-state index contributed by atoms with van der Waals surface area (Å²) < 4.78 is 0. The van der Waals surface area contributed by atoms with Crippen molar-refractivity contribution >= 4 is 17.9 Å². The molecule has 18 heavy (non-hydrogen) atoms. The van der Waals surface area contributed by atoms with E-state index in [1.54, 1.807) is 0 Å². The quantitative estimate of drug-likeness (QED) is 0.497. The number of nitrogens with two attached hydrogens (primary N) is 1. The molecule has 0 aromatic rings. The number of carboxylic acids is 1. The predicted molar refractivity (Wildman–Crippen MR) is 65.9 cm³/mol. The molecule has 0 heterocycles. The fourth-order valence-electron chi connectivity index (χ4n) is 1.47. The second kappa shape index (κ2) is 8.32. The third-order valence-corrected chi connectivity index (χ3v) is 2.38. The van der Waals surface area contributed by atoms with Gasteiger partial charge in [-0.25, -0.2) is 9.59 Å². The smallest absolute Gasteiger partial charge is 0.326 e. The third kappa shape index (κ3) is 7.48. The summed E-state index contributed by atoms with van der Waals surface area (Å²) in [6.45, 7) is 3.82. The lowest BCUT2D eigenvalue weighted by Gasteiger charge is -2.17. The molecule has 0 radical (unpaired) electrons. The number of hydrogen-bond acceptors (Lipinski definition) is 3. The molecule has 0 fully saturated rings. The lowest BCUT2D eigenvalue weighted by molar-refractivity contribution is -0.139. The Morgan fingerprint density at radius 3 is 2.28 bits per heavy atom. The summed E-state index contributed by atoms with van der Waals surface area (Å²) in [4.78, 5) is 32.9. The Balaban J connectivity index is 4.19. The Kier molecular flexibility index (Phi) is 7.50. The van der Waals surface area contributed by atoms with Gasteiger partial charge in [-0.2, -0.15) is 0 Å². The molecule has 0 aliphatic carbocycles. The number of nitrogens with one attached hydrogen (secondary N) is 2. The molecule has 0 spiro atoms. The Morgan fingerprint density at radius 1 is 1.22 bits per heavy atom. The van der Waals surface area contributed by atoms with Gasteiger partial charge in [-0.3, -0.25) is 4.79 Å². The normalized spacial score (nSPS) is 13.4. The highest BCUT2D eigenvalue weighted by Gasteiger charge is 2.20. The predicted octanol–water partition coefficient (Wildman–Crippen LogP) is 0.193. The number of aliphatic carboxylic acids is 1. The van der Waals surface area contributed by atoms with Crippen molar-refractivity contribution < 1.29 is 19.5 Å². The fourth-order valence-corrected chi connectivity index (χ4v) is 1.47. The van der Waals surface area contributed by atoms with Crippen LogP contribution in [0.3, 0.4) is 0 Å². The highest BCUT2D eigenvalue weighted by atomic mass is 16.4. The van der Waals surface area contributed by atoms with E-state index in [-0.39, 0.29) is 18.9 Å². The molecule has 0 rings (SSSR count). The minimum atomic E-state index is -1.19. The monoisotopic (exact) mass is 259 g/mol. The van der Waals surface area contributed by atoms with Crippen LogP contribution >= 0.6 is 0 Å². The number of urea groups is 1. The maximum atomic E-state index is 11.5. The van der Waals surface area contributed by atoms with Crippen LogP contribution in [0.15, 0.2) is 0 Å². The van der Waals surface area contributed by atoms with Crippen molar-refractivity contribution in [3.63, 3.8) is 0 Å². The van der Waals surface area contributed by atoms with Crippen LogP contribution in [0, 0.1) is 0 Å². The van der Waals surface area contributed by atoms with Gasteiger partial charge in [-0.1, -0.05) is 13.3 Å². The summed E-state index contributed by atoms with van der Waals surface area (Å²) in [6, 6.07) is -1.68. The van der Waals surface area contributed by atoms with Gasteiger partial charge in [-0.05, 0) is 19.8 Å². The van der Waals surface area contributed by atoms with E-state index < -0.39 is 23.9 Å². The Hall–Kier alpha value is -1.79. The number of primary amides is 1. The van der Waals surface area contributed by atoms with Crippen molar-refractivity contribution in [3.8, 4) is 0 Å². The molecule has 0 aromatic heterocycles. The van der Waals surface area contributed by atoms with Gasteiger partial charge in [0.2, 0.25) is 5.91 Å². The summed E-state index contributed by atoms with van der Waals surface area (Å²) in [5, 5.41) is 13.8. The lowest BCUT2D eigenvalue weighted by Crippen LogP contribution is -2.48. The summed E-state index contributed by atoms with van der Waals surface area (Å²) >= 11 is 0. The molecule has 0 aromatic carbocycles. The largest absolute Gasteiger partial charge is 0.480 e. The second-order valence-electron chi connectivity index (χ2n) is 4.20. The number of carbonyl (C=O) groups excluding carboxylic acids is 2. The first-order chi connectivity index (χ1) is 8.36. The van der Waals surface area contributed by atoms with E-state index in [0.717, 1.165) is 12.8 Å². The van der Waals surface area contributed by atoms with Gasteiger partial charge in [0.15, 0.2) is 0 Å². The Bertz CT molecular complexity index is 307. The van der Waals surface area contributed by atoms with Crippen molar-refractivity contribution in [1.82, 2.24) is 10.6 Å². The summed E-state index contributed by atoms with van der Waals surface area (Å²) in [5.74, 6) is -1.78. The van der Waals surface area contributed by atoms with Gasteiger partial charge in [-0.15, -0.1) is 0 Å². The molecule has 0 bridgehead atoms. The Labute approximate surface area is 106 Å².